The standard InChI is InChI=1S/C12H24N4S/c1-17-11-7-6-10(8-11)15-12(16-13)14-9-4-2-3-5-9/h9-11H,2-8,13H2,1H3,(H2,14,15,16). The van der Waals surface area contributed by atoms with Crippen molar-refractivity contribution in [2.45, 2.75) is 62.3 Å². The number of hydrogen-bond acceptors (Lipinski definition) is 3. The summed E-state index contributed by atoms with van der Waals surface area (Å²) >= 11 is 1.97. The highest BCUT2D eigenvalue weighted by molar-refractivity contribution is 7.99. The lowest BCUT2D eigenvalue weighted by Crippen LogP contribution is -2.46. The second kappa shape index (κ2) is 6.50. The zero-order valence-electron chi connectivity index (χ0n) is 10.6. The number of nitrogens with two attached hydrogens (primary N) is 1. The van der Waals surface area contributed by atoms with E-state index in [9.17, 15) is 0 Å². The fourth-order valence-electron chi connectivity index (χ4n) is 2.81. The third-order valence-corrected chi connectivity index (χ3v) is 4.93. The van der Waals surface area contributed by atoms with Crippen LogP contribution in [-0.2, 0) is 0 Å². The van der Waals surface area contributed by atoms with E-state index in [1.807, 2.05) is 11.8 Å². The minimum absolute atomic E-state index is 0.478. The van der Waals surface area contributed by atoms with E-state index in [4.69, 9.17) is 5.84 Å². The van der Waals surface area contributed by atoms with Crippen molar-refractivity contribution in [3.63, 3.8) is 0 Å². The van der Waals surface area contributed by atoms with Crippen molar-refractivity contribution in [3.05, 3.63) is 0 Å². The van der Waals surface area contributed by atoms with Gasteiger partial charge in [-0.2, -0.15) is 11.8 Å². The van der Waals surface area contributed by atoms with Gasteiger partial charge in [0, 0.05) is 11.3 Å². The summed E-state index contributed by atoms with van der Waals surface area (Å²) in [6, 6.07) is 1.02. The first kappa shape index (κ1) is 13.0. The molecule has 5 heteroatoms. The van der Waals surface area contributed by atoms with Crippen molar-refractivity contribution in [2.75, 3.05) is 6.26 Å². The van der Waals surface area contributed by atoms with Gasteiger partial charge in [0.1, 0.15) is 0 Å². The van der Waals surface area contributed by atoms with Crippen LogP contribution < -0.4 is 16.6 Å². The summed E-state index contributed by atoms with van der Waals surface area (Å²) in [7, 11) is 0. The van der Waals surface area contributed by atoms with E-state index in [1.165, 1.54) is 44.9 Å². The van der Waals surface area contributed by atoms with Crippen LogP contribution in [0.2, 0.25) is 0 Å². The largest absolute Gasteiger partial charge is 0.353 e. The number of guanidine groups is 1. The lowest BCUT2D eigenvalue weighted by Gasteiger charge is -2.17. The van der Waals surface area contributed by atoms with Gasteiger partial charge >= 0.3 is 0 Å². The topological polar surface area (TPSA) is 62.4 Å². The molecule has 0 aromatic rings. The second-order valence-electron chi connectivity index (χ2n) is 5.07. The number of hydrazine groups is 1. The second-order valence-corrected chi connectivity index (χ2v) is 6.21. The quantitative estimate of drug-likeness (QED) is 0.311. The van der Waals surface area contributed by atoms with Gasteiger partial charge in [-0.05, 0) is 38.4 Å². The molecule has 0 aromatic carbocycles. The molecule has 17 heavy (non-hydrogen) atoms. The summed E-state index contributed by atoms with van der Waals surface area (Å²) < 4.78 is 0. The molecule has 2 aliphatic rings. The van der Waals surface area contributed by atoms with Gasteiger partial charge in [0.25, 0.3) is 0 Å². The SMILES string of the molecule is CSC1CCC(NC(=NC2CCCC2)NN)C1. The Morgan fingerprint density at radius 2 is 2.00 bits per heavy atom. The van der Waals surface area contributed by atoms with E-state index >= 15 is 0 Å². The molecule has 0 saturated heterocycles. The number of thioether (sulfide) groups is 1. The van der Waals surface area contributed by atoms with Crippen LogP contribution in [-0.4, -0.2) is 29.5 Å². The molecule has 0 aliphatic heterocycles. The van der Waals surface area contributed by atoms with Gasteiger partial charge < -0.3 is 5.32 Å². The minimum Gasteiger partial charge on any atom is -0.353 e. The van der Waals surface area contributed by atoms with Gasteiger partial charge in [-0.25, -0.2) is 10.8 Å². The molecule has 98 valence electrons. The molecular weight excluding hydrogens is 232 g/mol. The number of hydrogen-bond donors (Lipinski definition) is 3. The zero-order valence-corrected chi connectivity index (χ0v) is 11.4. The number of aliphatic imine (C=N–C) groups is 1. The van der Waals surface area contributed by atoms with Crippen molar-refractivity contribution in [3.8, 4) is 0 Å². The van der Waals surface area contributed by atoms with Crippen LogP contribution in [0.15, 0.2) is 4.99 Å². The van der Waals surface area contributed by atoms with Crippen LogP contribution in [0.1, 0.15) is 44.9 Å². The molecule has 0 heterocycles. The summed E-state index contributed by atoms with van der Waals surface area (Å²) in [5.74, 6) is 6.34. The van der Waals surface area contributed by atoms with Gasteiger partial charge in [0.05, 0.1) is 6.04 Å². The van der Waals surface area contributed by atoms with Gasteiger partial charge in [-0.15, -0.1) is 0 Å². The van der Waals surface area contributed by atoms with Crippen LogP contribution in [0, 0.1) is 0 Å². The predicted octanol–water partition coefficient (Wildman–Crippen LogP) is 1.62. The van der Waals surface area contributed by atoms with Crippen LogP contribution in [0.3, 0.4) is 0 Å². The number of nitrogens with zero attached hydrogens (tertiary/aromatic N) is 1. The van der Waals surface area contributed by atoms with E-state index < -0.39 is 0 Å². The maximum absolute atomic E-state index is 5.55. The Kier molecular flexibility index (Phi) is 4.98. The Hall–Kier alpha value is -0.420. The molecule has 2 fully saturated rings. The first-order chi connectivity index (χ1) is 8.31. The lowest BCUT2D eigenvalue weighted by atomic mass is 10.2. The summed E-state index contributed by atoms with van der Waals surface area (Å²) in [4.78, 5) is 4.67. The Morgan fingerprint density at radius 1 is 1.24 bits per heavy atom. The molecule has 2 atom stereocenters. The maximum atomic E-state index is 5.55. The molecule has 2 saturated carbocycles. The molecule has 0 spiro atoms. The third kappa shape index (κ3) is 3.78. The Bertz CT molecular complexity index is 263. The lowest BCUT2D eigenvalue weighted by molar-refractivity contribution is 0.604. The van der Waals surface area contributed by atoms with E-state index in [0.29, 0.717) is 12.1 Å². The fourth-order valence-corrected chi connectivity index (χ4v) is 3.61. The molecule has 0 amide bonds. The average Bonchev–Trinajstić information content (AvgIpc) is 2.99. The van der Waals surface area contributed by atoms with Crippen LogP contribution in [0.25, 0.3) is 0 Å². The first-order valence-corrected chi connectivity index (χ1v) is 7.94. The summed E-state index contributed by atoms with van der Waals surface area (Å²) in [6.45, 7) is 0. The first-order valence-electron chi connectivity index (χ1n) is 6.65. The predicted molar refractivity (Wildman–Crippen MR) is 75.1 cm³/mol. The van der Waals surface area contributed by atoms with Crippen molar-refractivity contribution >= 4 is 17.7 Å². The van der Waals surface area contributed by atoms with E-state index in [2.05, 4.69) is 22.0 Å². The van der Waals surface area contributed by atoms with Gasteiger partial charge in [-0.3, -0.25) is 5.43 Å². The van der Waals surface area contributed by atoms with Gasteiger partial charge in [0.15, 0.2) is 0 Å². The van der Waals surface area contributed by atoms with E-state index in [0.717, 1.165) is 11.2 Å². The molecular formula is C12H24N4S. The van der Waals surface area contributed by atoms with Crippen LogP contribution >= 0.6 is 11.8 Å². The highest BCUT2D eigenvalue weighted by Gasteiger charge is 2.25. The molecule has 0 aromatic heterocycles. The normalized spacial score (nSPS) is 30.8. The van der Waals surface area contributed by atoms with Crippen molar-refractivity contribution in [2.24, 2.45) is 10.8 Å². The Balaban J connectivity index is 1.82. The molecule has 4 nitrogen and oxygen atoms in total. The number of nitrogens with one attached hydrogen (secondary N) is 2. The maximum Gasteiger partial charge on any atom is 0.206 e. The molecule has 2 rings (SSSR count). The third-order valence-electron chi connectivity index (χ3n) is 3.83. The van der Waals surface area contributed by atoms with E-state index in [-0.39, 0.29) is 0 Å². The molecule has 2 aliphatic carbocycles. The van der Waals surface area contributed by atoms with Crippen molar-refractivity contribution < 1.29 is 0 Å². The summed E-state index contributed by atoms with van der Waals surface area (Å²) in [6.07, 6.45) is 11.0. The highest BCUT2D eigenvalue weighted by atomic mass is 32.2. The van der Waals surface area contributed by atoms with E-state index in [1.54, 1.807) is 0 Å². The Morgan fingerprint density at radius 3 is 2.59 bits per heavy atom. The molecule has 4 N–H and O–H groups in total. The molecule has 2 unspecified atom stereocenters. The minimum atomic E-state index is 0.478. The molecule has 0 radical (unpaired) electrons. The van der Waals surface area contributed by atoms with Crippen LogP contribution in [0.4, 0.5) is 0 Å². The van der Waals surface area contributed by atoms with Gasteiger partial charge in [0.2, 0.25) is 5.96 Å². The monoisotopic (exact) mass is 256 g/mol. The van der Waals surface area contributed by atoms with Crippen molar-refractivity contribution in [1.29, 1.82) is 0 Å². The van der Waals surface area contributed by atoms with Crippen LogP contribution in [0.5, 0.6) is 0 Å². The number of rotatable bonds is 3. The highest BCUT2D eigenvalue weighted by Crippen LogP contribution is 2.28. The zero-order chi connectivity index (χ0) is 12.1. The molecule has 0 bridgehead atoms. The Labute approximate surface area is 108 Å². The average molecular weight is 256 g/mol. The fraction of sp³-hybridized carbons (Fsp3) is 0.917. The van der Waals surface area contributed by atoms with Gasteiger partial charge in [-0.1, -0.05) is 12.8 Å². The summed E-state index contributed by atoms with van der Waals surface area (Å²) in [5, 5.41) is 4.26. The van der Waals surface area contributed by atoms with Crippen molar-refractivity contribution in [1.82, 2.24) is 10.7 Å². The summed E-state index contributed by atoms with van der Waals surface area (Å²) in [5.41, 5.74) is 2.72. The smallest absolute Gasteiger partial charge is 0.206 e.